The van der Waals surface area contributed by atoms with Crippen molar-refractivity contribution in [2.24, 2.45) is 0 Å². The molecule has 0 amide bonds. The number of ether oxygens (including phenoxy) is 2. The molecule has 0 saturated carbocycles. The number of carboxylic acids is 1. The van der Waals surface area contributed by atoms with Crippen molar-refractivity contribution in [3.63, 3.8) is 0 Å². The Balaban J connectivity index is 2.33. The molecule has 0 aliphatic carbocycles. The van der Waals surface area contributed by atoms with Crippen LogP contribution in [0, 0.1) is 0 Å². The summed E-state index contributed by atoms with van der Waals surface area (Å²) in [6, 6.07) is 6.61. The molecule has 0 aliphatic rings. The van der Waals surface area contributed by atoms with E-state index in [1.807, 2.05) is 6.92 Å². The average Bonchev–Trinajstić information content (AvgIpc) is 2.38. The third-order valence-corrected chi connectivity index (χ3v) is 2.49. The molecule has 1 rings (SSSR count). The van der Waals surface area contributed by atoms with Gasteiger partial charge in [-0.3, -0.25) is 0 Å². The average molecular weight is 253 g/mol. The third kappa shape index (κ3) is 4.73. The maximum atomic E-state index is 10.9. The highest BCUT2D eigenvalue weighted by Crippen LogP contribution is 2.17. The number of benzene rings is 1. The van der Waals surface area contributed by atoms with Crippen LogP contribution in [0.1, 0.15) is 17.3 Å². The second-order valence-corrected chi connectivity index (χ2v) is 3.90. The monoisotopic (exact) mass is 253 g/mol. The van der Waals surface area contributed by atoms with E-state index in [1.54, 1.807) is 25.3 Å². The molecule has 1 aromatic rings. The lowest BCUT2D eigenvalue weighted by molar-refractivity contribution is 0.0692. The van der Waals surface area contributed by atoms with E-state index in [0.29, 0.717) is 18.9 Å². The van der Waals surface area contributed by atoms with Gasteiger partial charge in [-0.05, 0) is 19.1 Å². The maximum Gasteiger partial charge on any atom is 0.339 e. The molecule has 1 aromatic carbocycles. The van der Waals surface area contributed by atoms with Gasteiger partial charge in [-0.2, -0.15) is 0 Å². The highest BCUT2D eigenvalue weighted by atomic mass is 16.5. The second kappa shape index (κ2) is 7.68. The predicted molar refractivity (Wildman–Crippen MR) is 68.2 cm³/mol. The van der Waals surface area contributed by atoms with Gasteiger partial charge < -0.3 is 19.9 Å². The largest absolute Gasteiger partial charge is 0.491 e. The fourth-order valence-corrected chi connectivity index (χ4v) is 1.39. The lowest BCUT2D eigenvalue weighted by Gasteiger charge is -2.12. The summed E-state index contributed by atoms with van der Waals surface area (Å²) in [5.41, 5.74) is 0.183. The minimum atomic E-state index is -0.980. The number of carboxylic acid groups (broad SMARTS) is 1. The number of rotatable bonds is 8. The van der Waals surface area contributed by atoms with Crippen LogP contribution in [-0.4, -0.2) is 44.0 Å². The van der Waals surface area contributed by atoms with Gasteiger partial charge in [-0.1, -0.05) is 12.1 Å². The van der Waals surface area contributed by atoms with E-state index in [4.69, 9.17) is 14.6 Å². The van der Waals surface area contributed by atoms with E-state index >= 15 is 0 Å². The molecular formula is C13H19NO4. The van der Waals surface area contributed by atoms with Crippen molar-refractivity contribution in [3.05, 3.63) is 29.8 Å². The molecular weight excluding hydrogens is 234 g/mol. The van der Waals surface area contributed by atoms with Gasteiger partial charge in [0.25, 0.3) is 0 Å². The van der Waals surface area contributed by atoms with Crippen molar-refractivity contribution in [3.8, 4) is 5.75 Å². The van der Waals surface area contributed by atoms with Crippen LogP contribution in [0.15, 0.2) is 24.3 Å². The van der Waals surface area contributed by atoms with E-state index in [1.165, 1.54) is 6.07 Å². The standard InChI is InChI=1S/C13H19NO4/c1-10(17-2)9-14-7-8-18-12-6-4-3-5-11(12)13(15)16/h3-6,10,14H,7-9H2,1-2H3,(H,15,16). The molecule has 0 aliphatic heterocycles. The minimum Gasteiger partial charge on any atom is -0.491 e. The molecule has 5 nitrogen and oxygen atoms in total. The molecule has 0 aromatic heterocycles. The summed E-state index contributed by atoms with van der Waals surface area (Å²) in [4.78, 5) is 10.9. The summed E-state index contributed by atoms with van der Waals surface area (Å²) >= 11 is 0. The molecule has 5 heteroatoms. The van der Waals surface area contributed by atoms with Crippen molar-refractivity contribution >= 4 is 5.97 Å². The van der Waals surface area contributed by atoms with Crippen molar-refractivity contribution < 1.29 is 19.4 Å². The number of nitrogens with one attached hydrogen (secondary N) is 1. The van der Waals surface area contributed by atoms with Crippen molar-refractivity contribution in [1.29, 1.82) is 0 Å². The van der Waals surface area contributed by atoms with Crippen LogP contribution in [0.2, 0.25) is 0 Å². The first-order valence-corrected chi connectivity index (χ1v) is 5.83. The van der Waals surface area contributed by atoms with Gasteiger partial charge in [0.05, 0.1) is 6.10 Å². The van der Waals surface area contributed by atoms with Gasteiger partial charge in [0.15, 0.2) is 0 Å². The van der Waals surface area contributed by atoms with Gasteiger partial charge in [0.2, 0.25) is 0 Å². The lowest BCUT2D eigenvalue weighted by Crippen LogP contribution is -2.29. The van der Waals surface area contributed by atoms with Crippen LogP contribution in [0.4, 0.5) is 0 Å². The highest BCUT2D eigenvalue weighted by Gasteiger charge is 2.09. The second-order valence-electron chi connectivity index (χ2n) is 3.90. The van der Waals surface area contributed by atoms with Gasteiger partial charge in [-0.15, -0.1) is 0 Å². The van der Waals surface area contributed by atoms with E-state index in [9.17, 15) is 4.79 Å². The van der Waals surface area contributed by atoms with Crippen molar-refractivity contribution in [2.75, 3.05) is 26.8 Å². The van der Waals surface area contributed by atoms with Gasteiger partial charge in [-0.25, -0.2) is 4.79 Å². The van der Waals surface area contributed by atoms with E-state index in [0.717, 1.165) is 6.54 Å². The normalized spacial score (nSPS) is 12.1. The Bertz CT molecular complexity index is 381. The molecule has 1 unspecified atom stereocenters. The van der Waals surface area contributed by atoms with Crippen molar-refractivity contribution in [2.45, 2.75) is 13.0 Å². The molecule has 0 radical (unpaired) electrons. The fourth-order valence-electron chi connectivity index (χ4n) is 1.39. The molecule has 100 valence electrons. The van der Waals surface area contributed by atoms with Crippen LogP contribution >= 0.6 is 0 Å². The molecule has 0 fully saturated rings. The number of para-hydroxylation sites is 1. The summed E-state index contributed by atoms with van der Waals surface area (Å²) in [7, 11) is 1.66. The molecule has 0 saturated heterocycles. The number of hydrogen-bond acceptors (Lipinski definition) is 4. The zero-order valence-corrected chi connectivity index (χ0v) is 10.7. The Kier molecular flexibility index (Phi) is 6.18. The maximum absolute atomic E-state index is 10.9. The fraction of sp³-hybridized carbons (Fsp3) is 0.462. The Morgan fingerprint density at radius 2 is 2.17 bits per heavy atom. The van der Waals surface area contributed by atoms with Gasteiger partial charge >= 0.3 is 5.97 Å². The van der Waals surface area contributed by atoms with Gasteiger partial charge in [0.1, 0.15) is 17.9 Å². The molecule has 0 spiro atoms. The first-order chi connectivity index (χ1) is 8.65. The Labute approximate surface area is 107 Å². The number of aromatic carboxylic acids is 1. The van der Waals surface area contributed by atoms with Gasteiger partial charge in [0, 0.05) is 20.2 Å². The van der Waals surface area contributed by atoms with Crippen LogP contribution in [0.5, 0.6) is 5.75 Å². The number of hydrogen-bond donors (Lipinski definition) is 2. The lowest BCUT2D eigenvalue weighted by atomic mass is 10.2. The Morgan fingerprint density at radius 1 is 1.44 bits per heavy atom. The first-order valence-electron chi connectivity index (χ1n) is 5.83. The van der Waals surface area contributed by atoms with E-state index in [-0.39, 0.29) is 11.7 Å². The first kappa shape index (κ1) is 14.5. The van der Waals surface area contributed by atoms with Crippen LogP contribution < -0.4 is 10.1 Å². The summed E-state index contributed by atoms with van der Waals surface area (Å²) in [6.07, 6.45) is 0.149. The van der Waals surface area contributed by atoms with Crippen LogP contribution in [-0.2, 0) is 4.74 Å². The number of carbonyl (C=O) groups is 1. The van der Waals surface area contributed by atoms with Crippen molar-refractivity contribution in [1.82, 2.24) is 5.32 Å². The summed E-state index contributed by atoms with van der Waals surface area (Å²) in [5, 5.41) is 12.1. The highest BCUT2D eigenvalue weighted by molar-refractivity contribution is 5.90. The van der Waals surface area contributed by atoms with Crippen LogP contribution in [0.25, 0.3) is 0 Å². The molecule has 0 bridgehead atoms. The molecule has 18 heavy (non-hydrogen) atoms. The predicted octanol–water partition coefficient (Wildman–Crippen LogP) is 1.39. The zero-order valence-electron chi connectivity index (χ0n) is 10.7. The Morgan fingerprint density at radius 3 is 2.83 bits per heavy atom. The molecule has 2 N–H and O–H groups in total. The van der Waals surface area contributed by atoms with Crippen LogP contribution in [0.3, 0.4) is 0 Å². The SMILES string of the molecule is COC(C)CNCCOc1ccccc1C(=O)O. The molecule has 0 heterocycles. The van der Waals surface area contributed by atoms with E-state index in [2.05, 4.69) is 5.32 Å². The quantitative estimate of drug-likeness (QED) is 0.685. The number of methoxy groups -OCH3 is 1. The smallest absolute Gasteiger partial charge is 0.339 e. The Hall–Kier alpha value is -1.59. The summed E-state index contributed by atoms with van der Waals surface area (Å²) in [6.45, 7) is 3.76. The molecule has 1 atom stereocenters. The topological polar surface area (TPSA) is 67.8 Å². The third-order valence-electron chi connectivity index (χ3n) is 2.49. The zero-order chi connectivity index (χ0) is 13.4. The minimum absolute atomic E-state index is 0.149. The summed E-state index contributed by atoms with van der Waals surface area (Å²) in [5.74, 6) is -0.585. The summed E-state index contributed by atoms with van der Waals surface area (Å²) < 4.78 is 10.5. The van der Waals surface area contributed by atoms with E-state index < -0.39 is 5.97 Å².